The minimum absolute atomic E-state index is 0.110. The molecule has 2 bridgehead atoms. The third-order valence-corrected chi connectivity index (χ3v) is 6.53. The standard InChI is InChI=1S/C17H28N2O/c1-3-5-6-12-17(20)19(13(4-2)18-12)16-14-10-7-8-11(9-10)15(14)16/h10-16,18H,3-9H2,1-2H3. The lowest BCUT2D eigenvalue weighted by molar-refractivity contribution is -0.131. The molecule has 0 aromatic heterocycles. The van der Waals surface area contributed by atoms with Crippen molar-refractivity contribution >= 4 is 5.91 Å². The van der Waals surface area contributed by atoms with Crippen LogP contribution in [-0.4, -0.2) is 29.1 Å². The van der Waals surface area contributed by atoms with Crippen molar-refractivity contribution in [2.45, 2.75) is 77.0 Å². The molecule has 6 unspecified atom stereocenters. The van der Waals surface area contributed by atoms with Crippen molar-refractivity contribution in [2.24, 2.45) is 23.7 Å². The Kier molecular flexibility index (Phi) is 3.10. The summed E-state index contributed by atoms with van der Waals surface area (Å²) in [7, 11) is 0. The van der Waals surface area contributed by atoms with Gasteiger partial charge < -0.3 is 4.90 Å². The first kappa shape index (κ1) is 13.1. The molecule has 1 aliphatic heterocycles. The number of carbonyl (C=O) groups is 1. The summed E-state index contributed by atoms with van der Waals surface area (Å²) >= 11 is 0. The third kappa shape index (κ3) is 1.71. The van der Waals surface area contributed by atoms with Crippen LogP contribution in [0, 0.1) is 23.7 Å². The molecule has 0 aromatic carbocycles. The van der Waals surface area contributed by atoms with E-state index in [1.54, 1.807) is 0 Å². The molecule has 4 aliphatic rings. The zero-order valence-electron chi connectivity index (χ0n) is 12.8. The Balaban J connectivity index is 1.48. The number of nitrogens with one attached hydrogen (secondary N) is 1. The van der Waals surface area contributed by atoms with Crippen LogP contribution in [0.2, 0.25) is 0 Å². The van der Waals surface area contributed by atoms with Gasteiger partial charge in [-0.15, -0.1) is 0 Å². The zero-order valence-corrected chi connectivity index (χ0v) is 12.8. The second-order valence-electron chi connectivity index (χ2n) is 7.51. The fourth-order valence-electron chi connectivity index (χ4n) is 5.65. The van der Waals surface area contributed by atoms with Crippen LogP contribution in [0.25, 0.3) is 0 Å². The highest BCUT2D eigenvalue weighted by Gasteiger charge is 2.69. The summed E-state index contributed by atoms with van der Waals surface area (Å²) in [6.45, 7) is 4.42. The predicted octanol–water partition coefficient (Wildman–Crippen LogP) is 2.76. The second kappa shape index (κ2) is 4.72. The maximum absolute atomic E-state index is 12.8. The van der Waals surface area contributed by atoms with E-state index < -0.39 is 0 Å². The molecule has 1 heterocycles. The summed E-state index contributed by atoms with van der Waals surface area (Å²) in [5, 5.41) is 3.61. The Hall–Kier alpha value is -0.570. The maximum Gasteiger partial charge on any atom is 0.241 e. The summed E-state index contributed by atoms with van der Waals surface area (Å²) in [5.41, 5.74) is 0. The molecule has 1 amide bonds. The molecule has 4 fully saturated rings. The fourth-order valence-corrected chi connectivity index (χ4v) is 5.65. The molecule has 0 radical (unpaired) electrons. The van der Waals surface area contributed by atoms with E-state index in [1.165, 1.54) is 25.7 Å². The lowest BCUT2D eigenvalue weighted by Gasteiger charge is -2.26. The normalized spacial score (nSPS) is 49.0. The molecule has 3 nitrogen and oxygen atoms in total. The molecule has 3 aliphatic carbocycles. The quantitative estimate of drug-likeness (QED) is 0.837. The van der Waals surface area contributed by atoms with Gasteiger partial charge in [-0.2, -0.15) is 0 Å². The number of hydrogen-bond acceptors (Lipinski definition) is 2. The van der Waals surface area contributed by atoms with Crippen molar-refractivity contribution in [1.82, 2.24) is 10.2 Å². The van der Waals surface area contributed by atoms with Crippen LogP contribution in [0.1, 0.15) is 58.8 Å². The molecule has 4 rings (SSSR count). The predicted molar refractivity (Wildman–Crippen MR) is 79.0 cm³/mol. The van der Waals surface area contributed by atoms with Crippen molar-refractivity contribution in [3.63, 3.8) is 0 Å². The molecule has 3 heteroatoms. The minimum atomic E-state index is 0.110. The number of hydrogen-bond donors (Lipinski definition) is 1. The maximum atomic E-state index is 12.8. The lowest BCUT2D eigenvalue weighted by atomic mass is 10.0. The van der Waals surface area contributed by atoms with E-state index in [-0.39, 0.29) is 6.04 Å². The van der Waals surface area contributed by atoms with Crippen molar-refractivity contribution < 1.29 is 4.79 Å². The molecule has 3 saturated carbocycles. The molecule has 0 aromatic rings. The van der Waals surface area contributed by atoms with Gasteiger partial charge in [0.1, 0.15) is 0 Å². The number of rotatable bonds is 5. The first-order chi connectivity index (χ1) is 9.76. The van der Waals surface area contributed by atoms with Crippen LogP contribution in [-0.2, 0) is 4.79 Å². The number of fused-ring (bicyclic) bond motifs is 5. The van der Waals surface area contributed by atoms with Gasteiger partial charge in [0.05, 0.1) is 12.2 Å². The third-order valence-electron chi connectivity index (χ3n) is 6.53. The van der Waals surface area contributed by atoms with Gasteiger partial charge in [0.2, 0.25) is 5.91 Å². The Morgan fingerprint density at radius 3 is 2.50 bits per heavy atom. The van der Waals surface area contributed by atoms with Gasteiger partial charge in [0, 0.05) is 6.04 Å². The summed E-state index contributed by atoms with van der Waals surface area (Å²) < 4.78 is 0. The average molecular weight is 276 g/mol. The van der Waals surface area contributed by atoms with Crippen molar-refractivity contribution in [2.75, 3.05) is 0 Å². The SMILES string of the molecule is CCCCC1NC(CC)N(C2C3C4CCC(C4)C32)C1=O. The van der Waals surface area contributed by atoms with Gasteiger partial charge >= 0.3 is 0 Å². The van der Waals surface area contributed by atoms with Gasteiger partial charge in [0.15, 0.2) is 0 Å². The van der Waals surface area contributed by atoms with Crippen molar-refractivity contribution in [1.29, 1.82) is 0 Å². The summed E-state index contributed by atoms with van der Waals surface area (Å²) in [5.74, 6) is 4.08. The molecular formula is C17H28N2O. The Bertz CT molecular complexity index is 394. The molecule has 0 spiro atoms. The number of carbonyl (C=O) groups excluding carboxylic acids is 1. The highest BCUT2D eigenvalue weighted by atomic mass is 16.2. The molecular weight excluding hydrogens is 248 g/mol. The van der Waals surface area contributed by atoms with Crippen molar-refractivity contribution in [3.8, 4) is 0 Å². The first-order valence-electron chi connectivity index (χ1n) is 8.84. The monoisotopic (exact) mass is 276 g/mol. The summed E-state index contributed by atoms with van der Waals surface area (Å²) in [6, 6.07) is 0.719. The van der Waals surface area contributed by atoms with E-state index in [9.17, 15) is 4.79 Å². The summed E-state index contributed by atoms with van der Waals surface area (Å²) in [4.78, 5) is 15.1. The van der Waals surface area contributed by atoms with Crippen LogP contribution >= 0.6 is 0 Å². The van der Waals surface area contributed by atoms with Crippen LogP contribution in [0.15, 0.2) is 0 Å². The van der Waals surface area contributed by atoms with Crippen LogP contribution < -0.4 is 5.32 Å². The van der Waals surface area contributed by atoms with Crippen LogP contribution in [0.4, 0.5) is 0 Å². The van der Waals surface area contributed by atoms with Gasteiger partial charge in [-0.25, -0.2) is 0 Å². The summed E-state index contributed by atoms with van der Waals surface area (Å²) in [6.07, 6.45) is 9.09. The molecule has 6 atom stereocenters. The number of amides is 1. The highest BCUT2D eigenvalue weighted by Crippen LogP contribution is 2.67. The number of unbranched alkanes of at least 4 members (excludes halogenated alkanes) is 1. The molecule has 112 valence electrons. The topological polar surface area (TPSA) is 32.3 Å². The highest BCUT2D eigenvalue weighted by molar-refractivity contribution is 5.85. The molecule has 1 saturated heterocycles. The van der Waals surface area contributed by atoms with E-state index >= 15 is 0 Å². The van der Waals surface area contributed by atoms with E-state index in [1.807, 2.05) is 0 Å². The van der Waals surface area contributed by atoms with Gasteiger partial charge in [-0.05, 0) is 55.8 Å². The van der Waals surface area contributed by atoms with Gasteiger partial charge in [-0.3, -0.25) is 10.1 Å². The Labute approximate surface area is 122 Å². The fraction of sp³-hybridized carbons (Fsp3) is 0.941. The Morgan fingerprint density at radius 2 is 1.90 bits per heavy atom. The van der Waals surface area contributed by atoms with Crippen LogP contribution in [0.3, 0.4) is 0 Å². The van der Waals surface area contributed by atoms with Gasteiger partial charge in [0.25, 0.3) is 0 Å². The largest absolute Gasteiger partial charge is 0.322 e. The smallest absolute Gasteiger partial charge is 0.241 e. The van der Waals surface area contributed by atoms with E-state index in [2.05, 4.69) is 24.1 Å². The van der Waals surface area contributed by atoms with Gasteiger partial charge in [-0.1, -0.05) is 26.7 Å². The van der Waals surface area contributed by atoms with E-state index in [0.717, 1.165) is 42.9 Å². The Morgan fingerprint density at radius 1 is 1.20 bits per heavy atom. The van der Waals surface area contributed by atoms with Crippen LogP contribution in [0.5, 0.6) is 0 Å². The van der Waals surface area contributed by atoms with E-state index in [0.29, 0.717) is 18.1 Å². The van der Waals surface area contributed by atoms with Crippen molar-refractivity contribution in [3.05, 3.63) is 0 Å². The molecule has 1 N–H and O–H groups in total. The average Bonchev–Trinajstić information content (AvgIpc) is 2.78. The minimum Gasteiger partial charge on any atom is -0.322 e. The first-order valence-corrected chi connectivity index (χ1v) is 8.84. The molecule has 20 heavy (non-hydrogen) atoms. The van der Waals surface area contributed by atoms with E-state index in [4.69, 9.17) is 0 Å². The lowest BCUT2D eigenvalue weighted by Crippen LogP contribution is -2.40. The zero-order chi connectivity index (χ0) is 13.9. The second-order valence-corrected chi connectivity index (χ2v) is 7.51. The number of nitrogens with zero attached hydrogens (tertiary/aromatic N) is 1.